The molecule has 0 amide bonds. The number of sulfonamides is 1. The van der Waals surface area contributed by atoms with Crippen molar-refractivity contribution in [3.63, 3.8) is 0 Å². The van der Waals surface area contributed by atoms with Crippen LogP contribution in [0.25, 0.3) is 5.52 Å². The summed E-state index contributed by atoms with van der Waals surface area (Å²) in [5.41, 5.74) is 0.622. The fourth-order valence-electron chi connectivity index (χ4n) is 3.36. The van der Waals surface area contributed by atoms with Gasteiger partial charge in [-0.25, -0.2) is 22.9 Å². The highest BCUT2D eigenvalue weighted by atomic mass is 35.5. The first kappa shape index (κ1) is 18.9. The minimum Gasteiger partial charge on any atom is -0.390 e. The Morgan fingerprint density at radius 3 is 2.70 bits per heavy atom. The van der Waals surface area contributed by atoms with Crippen molar-refractivity contribution in [3.8, 4) is 0 Å². The monoisotopic (exact) mass is 414 g/mol. The van der Waals surface area contributed by atoms with Gasteiger partial charge < -0.3 is 10.4 Å². The van der Waals surface area contributed by atoms with E-state index in [2.05, 4.69) is 20.4 Å². The van der Waals surface area contributed by atoms with Crippen molar-refractivity contribution in [2.24, 2.45) is 0 Å². The maximum absolute atomic E-state index is 12.4. The zero-order valence-corrected chi connectivity index (χ0v) is 16.8. The van der Waals surface area contributed by atoms with E-state index in [1.165, 1.54) is 4.31 Å². The van der Waals surface area contributed by atoms with Crippen molar-refractivity contribution in [2.75, 3.05) is 18.4 Å². The van der Waals surface area contributed by atoms with E-state index in [0.29, 0.717) is 29.6 Å². The van der Waals surface area contributed by atoms with Crippen molar-refractivity contribution in [1.29, 1.82) is 0 Å². The molecule has 2 N–H and O–H groups in total. The van der Waals surface area contributed by atoms with Crippen LogP contribution in [-0.2, 0) is 10.0 Å². The summed E-state index contributed by atoms with van der Waals surface area (Å²) in [5, 5.41) is 18.1. The van der Waals surface area contributed by atoms with Crippen molar-refractivity contribution < 1.29 is 13.5 Å². The summed E-state index contributed by atoms with van der Waals surface area (Å²) in [6.07, 6.45) is 2.68. The smallest absolute Gasteiger partial charge is 0.241 e. The summed E-state index contributed by atoms with van der Waals surface area (Å²) in [6, 6.07) is -0.324. The number of piperidine rings is 1. The summed E-state index contributed by atoms with van der Waals surface area (Å²) in [7, 11) is -3.27. The molecule has 0 bridgehead atoms. The minimum absolute atomic E-state index is 0.0902. The van der Waals surface area contributed by atoms with Crippen LogP contribution >= 0.6 is 11.6 Å². The molecule has 1 aliphatic heterocycles. The van der Waals surface area contributed by atoms with E-state index in [9.17, 15) is 13.5 Å². The van der Waals surface area contributed by atoms with Gasteiger partial charge >= 0.3 is 0 Å². The molecule has 0 unspecified atom stereocenters. The van der Waals surface area contributed by atoms with E-state index >= 15 is 0 Å². The average molecular weight is 415 g/mol. The topological polar surface area (TPSA) is 113 Å². The van der Waals surface area contributed by atoms with E-state index in [4.69, 9.17) is 11.6 Å². The molecule has 2 fully saturated rings. The molecule has 0 aromatic carbocycles. The van der Waals surface area contributed by atoms with Gasteiger partial charge in [-0.15, -0.1) is 5.10 Å². The average Bonchev–Trinajstić information content (AvgIpc) is 3.42. The molecule has 27 heavy (non-hydrogen) atoms. The molecule has 1 aliphatic carbocycles. The molecule has 3 heterocycles. The van der Waals surface area contributed by atoms with Gasteiger partial charge in [-0.2, -0.15) is 4.31 Å². The Labute approximate surface area is 162 Å². The Morgan fingerprint density at radius 1 is 1.33 bits per heavy atom. The fourth-order valence-corrected chi connectivity index (χ4v) is 5.45. The summed E-state index contributed by atoms with van der Waals surface area (Å²) < 4.78 is 27.8. The van der Waals surface area contributed by atoms with Crippen LogP contribution in [0.5, 0.6) is 0 Å². The van der Waals surface area contributed by atoms with Crippen LogP contribution < -0.4 is 5.32 Å². The quantitative estimate of drug-likeness (QED) is 0.756. The first-order valence-electron chi connectivity index (χ1n) is 9.12. The molecule has 1 saturated heterocycles. The lowest BCUT2D eigenvalue weighted by Crippen LogP contribution is -2.52. The second kappa shape index (κ2) is 6.84. The standard InChI is InChI=1S/C16H23ClN6O3S/c1-9(2)15-20-14(17)12-7-18-16(21-23(12)15)19-11-5-6-22(8-13(11)24)27(25,26)10-3-4-10/h7,9-11,13,24H,3-6,8H2,1-2H3,(H,19,21)/t11-,13-/m1/s1. The third-order valence-electron chi connectivity index (χ3n) is 5.05. The first-order chi connectivity index (χ1) is 12.8. The molecule has 2 aromatic rings. The Hall–Kier alpha value is -1.49. The predicted octanol–water partition coefficient (Wildman–Crippen LogP) is 1.24. The number of aliphatic hydroxyl groups is 1. The molecule has 2 atom stereocenters. The van der Waals surface area contributed by atoms with Crippen molar-refractivity contribution >= 4 is 33.1 Å². The van der Waals surface area contributed by atoms with Crippen LogP contribution in [0.15, 0.2) is 6.20 Å². The highest BCUT2D eigenvalue weighted by molar-refractivity contribution is 7.90. The van der Waals surface area contributed by atoms with Crippen LogP contribution in [0, 0.1) is 0 Å². The molecular weight excluding hydrogens is 392 g/mol. The van der Waals surface area contributed by atoms with Crippen molar-refractivity contribution in [1.82, 2.24) is 23.9 Å². The number of hydrogen-bond acceptors (Lipinski definition) is 7. The number of aliphatic hydroxyl groups excluding tert-OH is 1. The van der Waals surface area contributed by atoms with E-state index in [-0.39, 0.29) is 23.8 Å². The Balaban J connectivity index is 1.50. The van der Waals surface area contributed by atoms with Gasteiger partial charge in [0, 0.05) is 19.0 Å². The number of halogens is 1. The number of nitrogens with one attached hydrogen (secondary N) is 1. The zero-order chi connectivity index (χ0) is 19.3. The summed E-state index contributed by atoms with van der Waals surface area (Å²) >= 11 is 6.14. The number of rotatable bonds is 5. The molecule has 4 rings (SSSR count). The number of aromatic nitrogens is 4. The van der Waals surface area contributed by atoms with Gasteiger partial charge in [0.05, 0.1) is 23.6 Å². The molecule has 11 heteroatoms. The third kappa shape index (κ3) is 3.51. The molecule has 0 radical (unpaired) electrons. The van der Waals surface area contributed by atoms with Gasteiger partial charge in [0.15, 0.2) is 5.15 Å². The number of nitrogens with zero attached hydrogens (tertiary/aromatic N) is 5. The summed E-state index contributed by atoms with van der Waals surface area (Å²) in [4.78, 5) is 8.59. The van der Waals surface area contributed by atoms with Crippen LogP contribution in [0.3, 0.4) is 0 Å². The van der Waals surface area contributed by atoms with Crippen LogP contribution in [-0.4, -0.2) is 67.9 Å². The maximum Gasteiger partial charge on any atom is 0.241 e. The van der Waals surface area contributed by atoms with Crippen LogP contribution in [0.2, 0.25) is 5.15 Å². The van der Waals surface area contributed by atoms with Gasteiger partial charge in [0.25, 0.3) is 0 Å². The Kier molecular flexibility index (Phi) is 4.77. The largest absolute Gasteiger partial charge is 0.390 e. The lowest BCUT2D eigenvalue weighted by atomic mass is 10.0. The minimum atomic E-state index is -3.27. The predicted molar refractivity (Wildman–Crippen MR) is 101 cm³/mol. The second-order valence-corrected chi connectivity index (χ2v) is 10.1. The highest BCUT2D eigenvalue weighted by Crippen LogP contribution is 2.32. The number of anilines is 1. The van der Waals surface area contributed by atoms with Crippen molar-refractivity contribution in [3.05, 3.63) is 17.2 Å². The van der Waals surface area contributed by atoms with Gasteiger partial charge in [0.2, 0.25) is 16.0 Å². The van der Waals surface area contributed by atoms with Gasteiger partial charge in [-0.3, -0.25) is 0 Å². The van der Waals surface area contributed by atoms with E-state index in [1.54, 1.807) is 10.7 Å². The van der Waals surface area contributed by atoms with E-state index in [1.807, 2.05) is 13.8 Å². The normalized spacial score (nSPS) is 24.6. The molecule has 148 valence electrons. The SMILES string of the molecule is CC(C)c1nc(Cl)c2cnc(N[C@@H]3CCN(S(=O)(=O)C4CC4)C[C@H]3O)nn12. The molecule has 2 aliphatic rings. The van der Waals surface area contributed by atoms with Gasteiger partial charge in [-0.1, -0.05) is 25.4 Å². The van der Waals surface area contributed by atoms with Crippen LogP contribution in [0.4, 0.5) is 5.95 Å². The molecule has 9 nitrogen and oxygen atoms in total. The molecule has 0 spiro atoms. The van der Waals surface area contributed by atoms with E-state index in [0.717, 1.165) is 18.7 Å². The van der Waals surface area contributed by atoms with Crippen molar-refractivity contribution in [2.45, 2.75) is 56.4 Å². The number of β-amino-alcohol motifs (C(OH)–C–C–N with tert-alkyl or cyclic N) is 1. The van der Waals surface area contributed by atoms with Gasteiger partial charge in [0.1, 0.15) is 11.3 Å². The molecule has 1 saturated carbocycles. The zero-order valence-electron chi connectivity index (χ0n) is 15.2. The van der Waals surface area contributed by atoms with Crippen LogP contribution in [0.1, 0.15) is 44.9 Å². The third-order valence-corrected chi connectivity index (χ3v) is 7.70. The maximum atomic E-state index is 12.4. The lowest BCUT2D eigenvalue weighted by molar-refractivity contribution is 0.0946. The number of fused-ring (bicyclic) bond motifs is 1. The molecule has 2 aromatic heterocycles. The number of hydrogen-bond donors (Lipinski definition) is 2. The fraction of sp³-hybridized carbons (Fsp3) is 0.688. The first-order valence-corrected chi connectivity index (χ1v) is 11.0. The van der Waals surface area contributed by atoms with E-state index < -0.39 is 16.1 Å². The van der Waals surface area contributed by atoms with Gasteiger partial charge in [-0.05, 0) is 19.3 Å². The second-order valence-electron chi connectivity index (χ2n) is 7.50. The summed E-state index contributed by atoms with van der Waals surface area (Å²) in [5.74, 6) is 1.21. The summed E-state index contributed by atoms with van der Waals surface area (Å²) in [6.45, 7) is 4.47. The Bertz CT molecular complexity index is 958. The Morgan fingerprint density at radius 2 is 2.07 bits per heavy atom. The lowest BCUT2D eigenvalue weighted by Gasteiger charge is -2.35. The molecular formula is C16H23ClN6O3S. The number of imidazole rings is 1. The highest BCUT2D eigenvalue weighted by Gasteiger charge is 2.43.